The molecule has 28 nitrogen and oxygen atoms in total. The maximum atomic E-state index is 15.5. The Bertz CT molecular complexity index is 3590. The highest BCUT2D eigenvalue weighted by atomic mass is 16.2. The molecule has 3 aromatic heterocycles. The van der Waals surface area contributed by atoms with Crippen LogP contribution in [0.15, 0.2) is 109 Å². The molecule has 28 heteroatoms. The van der Waals surface area contributed by atoms with E-state index in [9.17, 15) is 33.6 Å². The molecule has 0 bridgehead atoms. The molecule has 5 heterocycles. The first kappa shape index (κ1) is 65.7. The van der Waals surface area contributed by atoms with Crippen LogP contribution in [0.25, 0.3) is 33.1 Å². The van der Waals surface area contributed by atoms with Crippen LogP contribution in [0.2, 0.25) is 0 Å². The van der Waals surface area contributed by atoms with Crippen molar-refractivity contribution in [1.29, 1.82) is 0 Å². The summed E-state index contributed by atoms with van der Waals surface area (Å²) in [6.45, 7) is 2.33. The molecule has 476 valence electrons. The number of fused-ring (bicyclic) bond motifs is 3. The Labute approximate surface area is 518 Å². The molecular formula is C62H78N18O10. The van der Waals surface area contributed by atoms with Crippen LogP contribution in [0.5, 0.6) is 0 Å². The van der Waals surface area contributed by atoms with Gasteiger partial charge in [0.25, 0.3) is 0 Å². The van der Waals surface area contributed by atoms with Crippen molar-refractivity contribution in [3.8, 4) is 11.4 Å². The van der Waals surface area contributed by atoms with Gasteiger partial charge in [0.1, 0.15) is 48.0 Å². The lowest BCUT2D eigenvalue weighted by molar-refractivity contribution is -0.143. The summed E-state index contributed by atoms with van der Waals surface area (Å²) in [5.74, 6) is -7.97. The second-order valence-corrected chi connectivity index (χ2v) is 22.5. The lowest BCUT2D eigenvalue weighted by Crippen LogP contribution is -2.60. The minimum Gasteiger partial charge on any atom is -0.370 e. The summed E-state index contributed by atoms with van der Waals surface area (Å²) >= 11 is 0. The van der Waals surface area contributed by atoms with Crippen LogP contribution in [0, 0.1) is 0 Å². The van der Waals surface area contributed by atoms with Crippen LogP contribution < -0.4 is 59.7 Å². The highest BCUT2D eigenvalue weighted by Gasteiger charge is 2.45. The summed E-state index contributed by atoms with van der Waals surface area (Å²) in [7, 11) is 0. The van der Waals surface area contributed by atoms with Crippen LogP contribution in [0.1, 0.15) is 95.2 Å². The van der Waals surface area contributed by atoms with E-state index >= 15 is 14.4 Å². The first-order chi connectivity index (χ1) is 43.3. The van der Waals surface area contributed by atoms with Crippen LogP contribution in [-0.4, -0.2) is 163 Å². The van der Waals surface area contributed by atoms with Crippen LogP contribution in [0.3, 0.4) is 0 Å². The summed E-state index contributed by atoms with van der Waals surface area (Å²) in [5.41, 5.74) is 19.9. The van der Waals surface area contributed by atoms with Gasteiger partial charge in [-0.3, -0.25) is 57.9 Å². The molecule has 0 spiro atoms. The van der Waals surface area contributed by atoms with E-state index in [4.69, 9.17) is 17.2 Å². The van der Waals surface area contributed by atoms with Crippen molar-refractivity contribution in [2.45, 2.75) is 139 Å². The molecule has 6 aromatic rings. The molecule has 8 atom stereocenters. The number of benzene rings is 3. The molecule has 0 unspecified atom stereocenters. The largest absolute Gasteiger partial charge is 0.370 e. The van der Waals surface area contributed by atoms with Gasteiger partial charge in [0, 0.05) is 69.1 Å². The van der Waals surface area contributed by atoms with Gasteiger partial charge in [-0.05, 0) is 78.6 Å². The Hall–Kier alpha value is -10.3. The van der Waals surface area contributed by atoms with Crippen LogP contribution >= 0.6 is 0 Å². The average molecular weight is 1240 g/mol. The fourth-order valence-electron chi connectivity index (χ4n) is 11.1. The summed E-state index contributed by atoms with van der Waals surface area (Å²) in [6, 6.07) is 15.2. The van der Waals surface area contributed by atoms with Crippen LogP contribution in [0.4, 0.5) is 0 Å². The van der Waals surface area contributed by atoms with Gasteiger partial charge in [0.2, 0.25) is 59.1 Å². The standard InChI is InChI=1S/C62H78N18O10/c1-3-4-17-46(71-36(2)81)57(86)76-50-31-53(82)67-25-12-10-20-45(55(63)84)72-54(83)33-70-56(85)49(29-40-32-69-43-18-8-7-16-42(40)43)74-58(87)47(21-13-26-68-62(64)65)73-59(88)48(28-37-22-23-38-14-5-6-15-39(38)27-37)75-60(89)52-30-41(34-79(52)61(50)90)80-35-51(77-78-80)44-19-9-11-24-66-44/h5-9,11,14-16,18-19,22-24,27,32,35,41,45-50,52,69H,3-4,10,12-13,17,20-21,25-26,28-31,33-34H2,1-2H3,(H2,63,84)(H,67,82)(H,70,85)(H,71,81)(H,72,83)(H,73,88)(H,74,87)(H,75,89)(H,76,86)(H4,64,65,68)/t41-,45-,46-,47-,48+,49-,50-,52-/m0/s1. The number of H-pyrrole nitrogens is 1. The monoisotopic (exact) mass is 1230 g/mol. The third-order valence-corrected chi connectivity index (χ3v) is 15.8. The number of nitrogens with two attached hydrogens (primary N) is 3. The lowest BCUT2D eigenvalue weighted by Gasteiger charge is -2.31. The number of unbranched alkanes of at least 4 members (excludes halogenated alkanes) is 1. The number of primary amides is 1. The van der Waals surface area contributed by atoms with E-state index in [0.29, 0.717) is 35.4 Å². The number of aromatic amines is 1. The molecule has 10 amide bonds. The van der Waals surface area contributed by atoms with E-state index in [1.807, 2.05) is 67.6 Å². The number of para-hydroxylation sites is 1. The second kappa shape index (κ2) is 31.6. The van der Waals surface area contributed by atoms with E-state index in [0.717, 1.165) is 21.7 Å². The minimum absolute atomic E-state index is 0.0112. The van der Waals surface area contributed by atoms with Gasteiger partial charge >= 0.3 is 0 Å². The maximum Gasteiger partial charge on any atom is 0.246 e. The quantitative estimate of drug-likeness (QED) is 0.0327. The number of hydrogen-bond acceptors (Lipinski definition) is 14. The van der Waals surface area contributed by atoms with E-state index in [1.54, 1.807) is 42.9 Å². The summed E-state index contributed by atoms with van der Waals surface area (Å²) in [5, 5.41) is 33.0. The molecule has 90 heavy (non-hydrogen) atoms. The Morgan fingerprint density at radius 1 is 0.767 bits per heavy atom. The third-order valence-electron chi connectivity index (χ3n) is 15.8. The zero-order chi connectivity index (χ0) is 64.3. The zero-order valence-corrected chi connectivity index (χ0v) is 50.2. The minimum atomic E-state index is -1.63. The van der Waals surface area contributed by atoms with Gasteiger partial charge in [-0.15, -0.1) is 5.10 Å². The van der Waals surface area contributed by atoms with Gasteiger partial charge in [-0.25, -0.2) is 4.68 Å². The Kier molecular flexibility index (Phi) is 23.0. The molecule has 8 rings (SSSR count). The summed E-state index contributed by atoms with van der Waals surface area (Å²) in [4.78, 5) is 155. The number of amides is 10. The van der Waals surface area contributed by atoms with Gasteiger partial charge in [-0.1, -0.05) is 91.7 Å². The molecule has 0 saturated carbocycles. The Morgan fingerprint density at radius 2 is 1.50 bits per heavy atom. The first-order valence-corrected chi connectivity index (χ1v) is 30.2. The van der Waals surface area contributed by atoms with E-state index in [-0.39, 0.29) is 83.4 Å². The number of carbonyl (C=O) groups is 10. The number of carbonyl (C=O) groups excluding carboxylic acids is 10. The number of nitrogens with zero attached hydrogens (tertiary/aromatic N) is 6. The molecular weight excluding hydrogens is 1160 g/mol. The number of aliphatic imine (C=N–C) groups is 1. The zero-order valence-electron chi connectivity index (χ0n) is 50.2. The number of pyridine rings is 1. The Balaban J connectivity index is 1.19. The summed E-state index contributed by atoms with van der Waals surface area (Å²) in [6.07, 6.45) is 5.80. The first-order valence-electron chi connectivity index (χ1n) is 30.2. The lowest BCUT2D eigenvalue weighted by atomic mass is 9.99. The highest BCUT2D eigenvalue weighted by molar-refractivity contribution is 5.99. The van der Waals surface area contributed by atoms with Crippen molar-refractivity contribution >= 4 is 86.7 Å². The van der Waals surface area contributed by atoms with E-state index in [1.165, 1.54) is 16.5 Å². The van der Waals surface area contributed by atoms with Crippen molar-refractivity contribution in [3.05, 3.63) is 115 Å². The maximum absolute atomic E-state index is 15.5. The molecule has 0 radical (unpaired) electrons. The molecule has 2 saturated heterocycles. The fraction of sp³-hybridized carbons (Fsp3) is 0.419. The van der Waals surface area contributed by atoms with E-state index < -0.39 is 120 Å². The number of aromatic nitrogens is 5. The molecule has 3 aromatic carbocycles. The van der Waals surface area contributed by atoms with Crippen molar-refractivity contribution in [1.82, 2.24) is 72.4 Å². The number of hydrogen-bond donors (Lipinski definition) is 12. The molecule has 0 aliphatic carbocycles. The molecule has 2 aliphatic heterocycles. The Morgan fingerprint density at radius 3 is 2.26 bits per heavy atom. The fourth-order valence-corrected chi connectivity index (χ4v) is 11.1. The number of nitrogens with one attached hydrogen (secondary N) is 9. The predicted molar refractivity (Wildman–Crippen MR) is 332 cm³/mol. The third kappa shape index (κ3) is 18.2. The van der Waals surface area contributed by atoms with E-state index in [2.05, 4.69) is 67.8 Å². The van der Waals surface area contributed by atoms with Crippen molar-refractivity contribution in [2.24, 2.45) is 22.2 Å². The molecule has 2 fully saturated rings. The number of guanidine groups is 1. The van der Waals surface area contributed by atoms with Crippen molar-refractivity contribution < 1.29 is 47.9 Å². The molecule has 15 N–H and O–H groups in total. The van der Waals surface area contributed by atoms with Crippen molar-refractivity contribution in [3.63, 3.8) is 0 Å². The normalized spacial score (nSPS) is 21.6. The predicted octanol–water partition coefficient (Wildman–Crippen LogP) is 0.0662. The van der Waals surface area contributed by atoms with Crippen molar-refractivity contribution in [2.75, 3.05) is 26.2 Å². The number of rotatable bonds is 17. The smallest absolute Gasteiger partial charge is 0.246 e. The average Bonchev–Trinajstić information content (AvgIpc) is 1.95. The second-order valence-electron chi connectivity index (χ2n) is 22.5. The van der Waals surface area contributed by atoms with Gasteiger partial charge in [0.15, 0.2) is 5.96 Å². The molecule has 2 aliphatic rings. The summed E-state index contributed by atoms with van der Waals surface area (Å²) < 4.78 is 1.49. The SMILES string of the molecule is CCCC[C@H](NC(C)=O)C(=O)N[C@H]1CC(=O)NCCCC[C@@H](C(N)=O)NC(=O)CNC(=O)[C@H](Cc2c[nH]c3ccccc23)NC(=O)[C@H](CCCN=C(N)N)NC(=O)[C@@H](Cc2ccc3ccccc3c2)NC(=O)[C@@H]2C[C@H](n3cc(-c4ccccn4)nn3)CN2C1=O. The van der Waals surface area contributed by atoms with Gasteiger partial charge < -0.3 is 69.6 Å². The van der Waals surface area contributed by atoms with Crippen LogP contribution in [-0.2, 0) is 60.8 Å². The van der Waals surface area contributed by atoms with Gasteiger partial charge in [-0.2, -0.15) is 0 Å². The highest BCUT2D eigenvalue weighted by Crippen LogP contribution is 2.30. The topological polar surface area (TPSA) is 420 Å². The van der Waals surface area contributed by atoms with Gasteiger partial charge in [0.05, 0.1) is 30.9 Å².